The fourth-order valence-corrected chi connectivity index (χ4v) is 3.63. The minimum atomic E-state index is -0.115. The number of aryl methyl sites for hydroxylation is 1. The van der Waals surface area contributed by atoms with Crippen LogP contribution in [-0.2, 0) is 4.79 Å². The van der Waals surface area contributed by atoms with Crippen molar-refractivity contribution in [2.75, 3.05) is 13.1 Å². The van der Waals surface area contributed by atoms with Crippen molar-refractivity contribution in [2.24, 2.45) is 0 Å². The average molecular weight is 343 g/mol. The Morgan fingerprint density at radius 2 is 2.12 bits per heavy atom. The third-order valence-electron chi connectivity index (χ3n) is 4.06. The van der Waals surface area contributed by atoms with Gasteiger partial charge in [0.05, 0.1) is 0 Å². The number of hydrogen-bond acceptors (Lipinski definition) is 4. The molecule has 1 aliphatic heterocycles. The van der Waals surface area contributed by atoms with Gasteiger partial charge < -0.3 is 10.2 Å². The maximum atomic E-state index is 12.3. The zero-order chi connectivity index (χ0) is 17.1. The lowest BCUT2D eigenvalue weighted by Crippen LogP contribution is -2.42. The predicted octanol–water partition coefficient (Wildman–Crippen LogP) is 2.86. The number of aromatic nitrogens is 1. The molecule has 2 aromatic rings. The van der Waals surface area contributed by atoms with Crippen LogP contribution in [0, 0.1) is 6.92 Å². The van der Waals surface area contributed by atoms with Crippen molar-refractivity contribution in [3.8, 4) is 10.6 Å². The van der Waals surface area contributed by atoms with Gasteiger partial charge in [0.25, 0.3) is 5.91 Å². The highest BCUT2D eigenvalue weighted by Crippen LogP contribution is 2.23. The van der Waals surface area contributed by atoms with E-state index in [0.29, 0.717) is 18.5 Å². The molecule has 1 fully saturated rings. The van der Waals surface area contributed by atoms with Gasteiger partial charge in [-0.2, -0.15) is 0 Å². The summed E-state index contributed by atoms with van der Waals surface area (Å²) in [6.07, 6.45) is 1.54. The molecule has 6 heteroatoms. The molecule has 1 atom stereocenters. The van der Waals surface area contributed by atoms with E-state index in [1.165, 1.54) is 0 Å². The van der Waals surface area contributed by atoms with E-state index in [1.807, 2.05) is 48.4 Å². The molecule has 2 heterocycles. The Balaban J connectivity index is 1.59. The van der Waals surface area contributed by atoms with E-state index in [2.05, 4.69) is 10.3 Å². The minimum Gasteiger partial charge on any atom is -0.348 e. The standard InChI is InChI=1S/C18H21N3O2S/c1-12(10-21-9-3-4-16(21)22)19-17(23)14-5-7-15(8-6-14)18-20-13(2)11-24-18/h5-8,11-12H,3-4,9-10H2,1-2H3,(H,19,23)/t12-/m1/s1. The number of carbonyl (C=O) groups is 2. The van der Waals surface area contributed by atoms with Gasteiger partial charge in [-0.15, -0.1) is 11.3 Å². The first-order chi connectivity index (χ1) is 11.5. The fourth-order valence-electron chi connectivity index (χ4n) is 2.83. The maximum Gasteiger partial charge on any atom is 0.251 e. The molecule has 1 aromatic heterocycles. The van der Waals surface area contributed by atoms with Crippen molar-refractivity contribution in [1.82, 2.24) is 15.2 Å². The first-order valence-corrected chi connectivity index (χ1v) is 9.02. The van der Waals surface area contributed by atoms with Crippen LogP contribution in [0.1, 0.15) is 35.8 Å². The number of hydrogen-bond donors (Lipinski definition) is 1. The van der Waals surface area contributed by atoms with Gasteiger partial charge in [0.2, 0.25) is 5.91 Å². The lowest BCUT2D eigenvalue weighted by molar-refractivity contribution is -0.127. The summed E-state index contributed by atoms with van der Waals surface area (Å²) in [7, 11) is 0. The highest BCUT2D eigenvalue weighted by molar-refractivity contribution is 7.13. The molecule has 0 radical (unpaired) electrons. The van der Waals surface area contributed by atoms with Gasteiger partial charge >= 0.3 is 0 Å². The molecule has 5 nitrogen and oxygen atoms in total. The van der Waals surface area contributed by atoms with E-state index in [1.54, 1.807) is 11.3 Å². The van der Waals surface area contributed by atoms with Gasteiger partial charge in [-0.3, -0.25) is 9.59 Å². The van der Waals surface area contributed by atoms with Crippen LogP contribution < -0.4 is 5.32 Å². The van der Waals surface area contributed by atoms with Crippen LogP contribution in [0.4, 0.5) is 0 Å². The highest BCUT2D eigenvalue weighted by Gasteiger charge is 2.22. The molecule has 1 aromatic carbocycles. The molecule has 0 bridgehead atoms. The van der Waals surface area contributed by atoms with Gasteiger partial charge in [-0.05, 0) is 32.4 Å². The van der Waals surface area contributed by atoms with Gasteiger partial charge in [0.15, 0.2) is 0 Å². The number of thiazole rings is 1. The van der Waals surface area contributed by atoms with Gasteiger partial charge in [0, 0.05) is 47.8 Å². The van der Waals surface area contributed by atoms with Crippen molar-refractivity contribution in [2.45, 2.75) is 32.7 Å². The van der Waals surface area contributed by atoms with Crippen molar-refractivity contribution in [1.29, 1.82) is 0 Å². The first-order valence-electron chi connectivity index (χ1n) is 8.14. The van der Waals surface area contributed by atoms with E-state index in [-0.39, 0.29) is 17.9 Å². The van der Waals surface area contributed by atoms with Crippen LogP contribution in [0.2, 0.25) is 0 Å². The van der Waals surface area contributed by atoms with Crippen LogP contribution >= 0.6 is 11.3 Å². The number of benzene rings is 1. The number of nitrogens with zero attached hydrogens (tertiary/aromatic N) is 2. The Labute approximate surface area is 145 Å². The molecule has 1 saturated heterocycles. The molecule has 3 rings (SSSR count). The molecule has 0 spiro atoms. The lowest BCUT2D eigenvalue weighted by atomic mass is 10.1. The second-order valence-electron chi connectivity index (χ2n) is 6.19. The summed E-state index contributed by atoms with van der Waals surface area (Å²) < 4.78 is 0. The first kappa shape index (κ1) is 16.6. The number of nitrogens with one attached hydrogen (secondary N) is 1. The van der Waals surface area contributed by atoms with Crippen molar-refractivity contribution >= 4 is 23.2 Å². The molecule has 0 saturated carbocycles. The Bertz CT molecular complexity index is 739. The second kappa shape index (κ2) is 7.13. The zero-order valence-electron chi connectivity index (χ0n) is 13.9. The predicted molar refractivity (Wildman–Crippen MR) is 95.0 cm³/mol. The van der Waals surface area contributed by atoms with Gasteiger partial charge in [-0.25, -0.2) is 4.98 Å². The van der Waals surface area contributed by atoms with Crippen molar-refractivity contribution in [3.63, 3.8) is 0 Å². The number of carbonyl (C=O) groups excluding carboxylic acids is 2. The van der Waals surface area contributed by atoms with Crippen LogP contribution in [-0.4, -0.2) is 40.8 Å². The lowest BCUT2D eigenvalue weighted by Gasteiger charge is -2.21. The molecule has 24 heavy (non-hydrogen) atoms. The van der Waals surface area contributed by atoms with E-state index < -0.39 is 0 Å². The Kier molecular flexibility index (Phi) is 4.94. The third kappa shape index (κ3) is 3.82. The Morgan fingerprint density at radius 3 is 2.71 bits per heavy atom. The smallest absolute Gasteiger partial charge is 0.251 e. The van der Waals surface area contributed by atoms with Gasteiger partial charge in [-0.1, -0.05) is 12.1 Å². The summed E-state index contributed by atoms with van der Waals surface area (Å²) in [6.45, 7) is 5.26. The largest absolute Gasteiger partial charge is 0.348 e. The molecule has 0 aliphatic carbocycles. The molecular weight excluding hydrogens is 322 g/mol. The number of likely N-dealkylation sites (tertiary alicyclic amines) is 1. The minimum absolute atomic E-state index is 0.0687. The molecule has 1 N–H and O–H groups in total. The zero-order valence-corrected chi connectivity index (χ0v) is 14.7. The second-order valence-corrected chi connectivity index (χ2v) is 7.05. The van der Waals surface area contributed by atoms with Gasteiger partial charge in [0.1, 0.15) is 5.01 Å². The van der Waals surface area contributed by atoms with Crippen LogP contribution in [0.5, 0.6) is 0 Å². The van der Waals surface area contributed by atoms with E-state index in [4.69, 9.17) is 0 Å². The molecular formula is C18H21N3O2S. The topological polar surface area (TPSA) is 62.3 Å². The summed E-state index contributed by atoms with van der Waals surface area (Å²) in [4.78, 5) is 30.2. The summed E-state index contributed by atoms with van der Waals surface area (Å²) in [5, 5.41) is 5.93. The fraction of sp³-hybridized carbons (Fsp3) is 0.389. The SMILES string of the molecule is Cc1csc(-c2ccc(C(=O)N[C@H](C)CN3CCCC3=O)cc2)n1. The van der Waals surface area contributed by atoms with Crippen molar-refractivity contribution < 1.29 is 9.59 Å². The summed E-state index contributed by atoms with van der Waals surface area (Å²) in [5.74, 6) is 0.0650. The molecule has 126 valence electrons. The quantitative estimate of drug-likeness (QED) is 0.908. The Hall–Kier alpha value is -2.21. The van der Waals surface area contributed by atoms with E-state index >= 15 is 0 Å². The maximum absolute atomic E-state index is 12.3. The van der Waals surface area contributed by atoms with Crippen LogP contribution in [0.15, 0.2) is 29.6 Å². The number of rotatable bonds is 5. The van der Waals surface area contributed by atoms with E-state index in [9.17, 15) is 9.59 Å². The summed E-state index contributed by atoms with van der Waals surface area (Å²) >= 11 is 1.60. The Morgan fingerprint density at radius 1 is 1.38 bits per heavy atom. The average Bonchev–Trinajstić information content (AvgIpc) is 3.16. The normalized spacial score (nSPS) is 15.6. The van der Waals surface area contributed by atoms with Crippen LogP contribution in [0.25, 0.3) is 10.6 Å². The number of amides is 2. The molecule has 2 amide bonds. The highest BCUT2D eigenvalue weighted by atomic mass is 32.1. The third-order valence-corrected chi connectivity index (χ3v) is 5.07. The summed E-state index contributed by atoms with van der Waals surface area (Å²) in [5.41, 5.74) is 2.63. The van der Waals surface area contributed by atoms with Crippen LogP contribution in [0.3, 0.4) is 0 Å². The monoisotopic (exact) mass is 343 g/mol. The molecule has 0 unspecified atom stereocenters. The van der Waals surface area contributed by atoms with E-state index in [0.717, 1.165) is 29.2 Å². The summed E-state index contributed by atoms with van der Waals surface area (Å²) in [6, 6.07) is 7.40. The van der Waals surface area contributed by atoms with Crippen molar-refractivity contribution in [3.05, 3.63) is 40.9 Å². The molecule has 1 aliphatic rings.